The number of likely N-dealkylation sites (N-methyl/N-ethyl adjacent to an activating group) is 1. The molecule has 0 saturated heterocycles. The Hall–Kier alpha value is -0.680. The maximum absolute atomic E-state index is 11.7. The fraction of sp³-hybridized carbons (Fsp3) is 0.333. The lowest BCUT2D eigenvalue weighted by molar-refractivity contribution is 0.312. The summed E-state index contributed by atoms with van der Waals surface area (Å²) in [5.41, 5.74) is 0.391. The molecule has 4 N–H and O–H groups in total. The second kappa shape index (κ2) is 3.90. The lowest BCUT2D eigenvalue weighted by Crippen LogP contribution is -2.37. The molecule has 18 heavy (non-hydrogen) atoms. The van der Waals surface area contributed by atoms with E-state index in [1.54, 1.807) is 12.2 Å². The molecule has 1 aliphatic heterocycles. The molecule has 100 valence electrons. The first-order valence-corrected chi connectivity index (χ1v) is 8.27. The van der Waals surface area contributed by atoms with Crippen molar-refractivity contribution in [2.45, 2.75) is 4.90 Å². The van der Waals surface area contributed by atoms with Gasteiger partial charge in [0.15, 0.2) is 0 Å². The molecule has 1 heterocycles. The number of rotatable bonds is 2. The van der Waals surface area contributed by atoms with E-state index in [1.807, 2.05) is 0 Å². The summed E-state index contributed by atoms with van der Waals surface area (Å²) in [4.78, 5) is 36.6. The van der Waals surface area contributed by atoms with Crippen molar-refractivity contribution in [2.75, 3.05) is 13.6 Å². The minimum Gasteiger partial charge on any atom is -0.372 e. The van der Waals surface area contributed by atoms with E-state index in [1.165, 1.54) is 18.0 Å². The van der Waals surface area contributed by atoms with E-state index in [0.29, 0.717) is 12.1 Å². The third-order valence-electron chi connectivity index (χ3n) is 3.06. The standard InChI is InChI=1S/C9H13NO6P2/c1-10-6-2-3-7-4-5-9(8(7)10,17(11,12)13)18(14,15)16/h2-5H,6H2,1H3,(H2,11,12,13)(H2,14,15,16). The van der Waals surface area contributed by atoms with E-state index >= 15 is 0 Å². The molecule has 0 aromatic heterocycles. The van der Waals surface area contributed by atoms with Gasteiger partial charge in [-0.2, -0.15) is 0 Å². The lowest BCUT2D eigenvalue weighted by atomic mass is 10.1. The van der Waals surface area contributed by atoms with Crippen LogP contribution in [0, 0.1) is 0 Å². The second-order valence-corrected chi connectivity index (χ2v) is 8.17. The van der Waals surface area contributed by atoms with Crippen LogP contribution in [0.1, 0.15) is 0 Å². The smallest absolute Gasteiger partial charge is 0.353 e. The Kier molecular flexibility index (Phi) is 2.98. The molecule has 0 saturated carbocycles. The quantitative estimate of drug-likeness (QED) is 0.543. The van der Waals surface area contributed by atoms with E-state index in [-0.39, 0.29) is 5.70 Å². The number of hydrogen-bond acceptors (Lipinski definition) is 3. The molecule has 9 heteroatoms. The van der Waals surface area contributed by atoms with E-state index < -0.39 is 20.1 Å². The van der Waals surface area contributed by atoms with E-state index in [0.717, 1.165) is 6.08 Å². The van der Waals surface area contributed by atoms with Crippen LogP contribution in [0.5, 0.6) is 0 Å². The highest BCUT2D eigenvalue weighted by Crippen LogP contribution is 2.75. The first-order chi connectivity index (χ1) is 8.11. The topological polar surface area (TPSA) is 118 Å². The average molecular weight is 293 g/mol. The van der Waals surface area contributed by atoms with Gasteiger partial charge in [-0.25, -0.2) is 0 Å². The van der Waals surface area contributed by atoms with Gasteiger partial charge in [0.1, 0.15) is 0 Å². The Labute approximate surface area is 103 Å². The van der Waals surface area contributed by atoms with Crippen molar-refractivity contribution in [2.24, 2.45) is 0 Å². The number of allylic oxidation sites excluding steroid dienone is 4. The van der Waals surface area contributed by atoms with E-state index in [2.05, 4.69) is 0 Å². The summed E-state index contributed by atoms with van der Waals surface area (Å²) in [7, 11) is -8.62. The van der Waals surface area contributed by atoms with E-state index in [4.69, 9.17) is 0 Å². The highest BCUT2D eigenvalue weighted by atomic mass is 31.2. The van der Waals surface area contributed by atoms with Gasteiger partial charge in [0.2, 0.25) is 4.90 Å². The zero-order valence-corrected chi connectivity index (χ0v) is 11.3. The Morgan fingerprint density at radius 1 is 1.17 bits per heavy atom. The molecule has 0 spiro atoms. The van der Waals surface area contributed by atoms with Crippen molar-refractivity contribution >= 4 is 15.2 Å². The highest BCUT2D eigenvalue weighted by molar-refractivity contribution is 7.73. The van der Waals surface area contributed by atoms with Gasteiger partial charge in [-0.15, -0.1) is 0 Å². The van der Waals surface area contributed by atoms with Crippen LogP contribution in [0.15, 0.2) is 35.6 Å². The number of nitrogens with zero attached hydrogens (tertiary/aromatic N) is 1. The van der Waals surface area contributed by atoms with Crippen LogP contribution >= 0.6 is 15.2 Å². The highest BCUT2D eigenvalue weighted by Gasteiger charge is 2.64. The van der Waals surface area contributed by atoms with Crippen LogP contribution in [0.3, 0.4) is 0 Å². The van der Waals surface area contributed by atoms with Gasteiger partial charge in [0.05, 0.1) is 5.70 Å². The van der Waals surface area contributed by atoms with Crippen molar-refractivity contribution in [3.05, 3.63) is 35.6 Å². The first-order valence-electron chi connectivity index (χ1n) is 5.04. The Morgan fingerprint density at radius 2 is 1.72 bits per heavy atom. The van der Waals surface area contributed by atoms with Crippen LogP contribution in [-0.4, -0.2) is 43.0 Å². The Morgan fingerprint density at radius 3 is 2.22 bits per heavy atom. The molecule has 1 aliphatic carbocycles. The van der Waals surface area contributed by atoms with Crippen LogP contribution in [0.2, 0.25) is 0 Å². The maximum Gasteiger partial charge on any atom is 0.353 e. The van der Waals surface area contributed by atoms with Crippen LogP contribution in [0.4, 0.5) is 0 Å². The summed E-state index contributed by atoms with van der Waals surface area (Å²) in [6.07, 6.45) is 5.60. The fourth-order valence-electron chi connectivity index (χ4n) is 2.28. The summed E-state index contributed by atoms with van der Waals surface area (Å²) in [5, 5.41) is 0. The van der Waals surface area contributed by atoms with E-state index in [9.17, 15) is 28.7 Å². The van der Waals surface area contributed by atoms with Crippen LogP contribution in [0.25, 0.3) is 0 Å². The molecule has 0 atom stereocenters. The lowest BCUT2D eigenvalue weighted by Gasteiger charge is -2.37. The van der Waals surface area contributed by atoms with Crippen molar-refractivity contribution in [1.82, 2.24) is 4.90 Å². The van der Waals surface area contributed by atoms with Crippen LogP contribution < -0.4 is 0 Å². The van der Waals surface area contributed by atoms with Gasteiger partial charge in [-0.3, -0.25) is 9.13 Å². The molecule has 0 aromatic carbocycles. The predicted octanol–water partition coefficient (Wildman–Crippen LogP) is 0.364. The van der Waals surface area contributed by atoms with Crippen LogP contribution in [-0.2, 0) is 9.13 Å². The second-order valence-electron chi connectivity index (χ2n) is 4.23. The minimum atomic E-state index is -5.08. The van der Waals surface area contributed by atoms with Crippen molar-refractivity contribution < 1.29 is 28.7 Å². The average Bonchev–Trinajstić information content (AvgIpc) is 2.57. The van der Waals surface area contributed by atoms with Gasteiger partial charge >= 0.3 is 15.2 Å². The zero-order valence-electron chi connectivity index (χ0n) is 9.46. The molecular formula is C9H13NO6P2. The molecule has 0 aromatic rings. The monoisotopic (exact) mass is 293 g/mol. The molecular weight excluding hydrogens is 280 g/mol. The summed E-state index contributed by atoms with van der Waals surface area (Å²) < 4.78 is 23.3. The van der Waals surface area contributed by atoms with Gasteiger partial charge in [-0.05, 0) is 11.6 Å². The molecule has 2 aliphatic rings. The van der Waals surface area contributed by atoms with Gasteiger partial charge < -0.3 is 24.5 Å². The fourth-order valence-corrected chi connectivity index (χ4v) is 5.33. The molecule has 7 nitrogen and oxygen atoms in total. The van der Waals surface area contributed by atoms with Crippen molar-refractivity contribution in [3.8, 4) is 0 Å². The normalized spacial score (nSPS) is 22.6. The third-order valence-corrected chi connectivity index (χ3v) is 7.13. The first kappa shape index (κ1) is 13.7. The molecule has 0 bridgehead atoms. The minimum absolute atomic E-state index is 0.0216. The molecule has 0 unspecified atom stereocenters. The molecule has 0 fully saturated rings. The zero-order chi connectivity index (χ0) is 13.8. The summed E-state index contributed by atoms with van der Waals surface area (Å²) in [6.45, 7) is 0.336. The third kappa shape index (κ3) is 1.67. The summed E-state index contributed by atoms with van der Waals surface area (Å²) in [5.74, 6) is 0. The Bertz CT molecular complexity index is 544. The number of hydrogen-bond donors (Lipinski definition) is 4. The predicted molar refractivity (Wildman–Crippen MR) is 64.8 cm³/mol. The molecule has 0 amide bonds. The van der Waals surface area contributed by atoms with Gasteiger partial charge in [0, 0.05) is 13.6 Å². The Balaban J connectivity index is 2.77. The van der Waals surface area contributed by atoms with Gasteiger partial charge in [0.25, 0.3) is 0 Å². The van der Waals surface area contributed by atoms with Crippen molar-refractivity contribution in [1.29, 1.82) is 0 Å². The largest absolute Gasteiger partial charge is 0.372 e. The summed E-state index contributed by atoms with van der Waals surface area (Å²) >= 11 is 0. The maximum atomic E-state index is 11.7. The SMILES string of the molecule is CN1CC=CC2=C1C(P(=O)(O)O)(P(=O)(O)O)C=C2. The molecule has 0 radical (unpaired) electrons. The molecule has 2 rings (SSSR count). The summed E-state index contributed by atoms with van der Waals surface area (Å²) in [6, 6.07) is 0. The van der Waals surface area contributed by atoms with Crippen molar-refractivity contribution in [3.63, 3.8) is 0 Å². The van der Waals surface area contributed by atoms with Gasteiger partial charge in [-0.1, -0.05) is 18.2 Å².